The topological polar surface area (TPSA) is 120 Å². The number of carbonyl (C=O) groups excluding carboxylic acids is 3. The van der Waals surface area contributed by atoms with Crippen LogP contribution in [0.3, 0.4) is 0 Å². The third-order valence-electron chi connectivity index (χ3n) is 5.95. The molecule has 0 aliphatic rings. The van der Waals surface area contributed by atoms with Gasteiger partial charge in [-0.15, -0.1) is 0 Å². The van der Waals surface area contributed by atoms with Crippen molar-refractivity contribution in [2.75, 3.05) is 0 Å². The van der Waals surface area contributed by atoms with Gasteiger partial charge in [-0.3, -0.25) is 0 Å². The summed E-state index contributed by atoms with van der Waals surface area (Å²) in [7, 11) is 0. The van der Waals surface area contributed by atoms with Crippen LogP contribution >= 0.6 is 0 Å². The minimum atomic E-state index is -0.913. The van der Waals surface area contributed by atoms with Gasteiger partial charge in [0.25, 0.3) is 0 Å². The maximum Gasteiger partial charge on any atom is 3.00 e. The SMILES string of the molecule is CCCCCCCCCC(=O)[O-].CCCCCCCCCC(=O)[O-].CCCCCCCCCC(=O)[O-].[Au+3]. The second kappa shape index (κ2) is 39.7. The van der Waals surface area contributed by atoms with Crippen LogP contribution in [-0.4, -0.2) is 17.9 Å². The third-order valence-corrected chi connectivity index (χ3v) is 5.95. The molecule has 6 nitrogen and oxygen atoms in total. The first-order chi connectivity index (χ1) is 17.3. The van der Waals surface area contributed by atoms with Crippen LogP contribution in [0.25, 0.3) is 0 Å². The molecule has 0 bridgehead atoms. The summed E-state index contributed by atoms with van der Waals surface area (Å²) in [4.78, 5) is 30.1. The molecule has 0 saturated carbocycles. The van der Waals surface area contributed by atoms with Gasteiger partial charge in [-0.1, -0.05) is 136 Å². The van der Waals surface area contributed by atoms with Crippen molar-refractivity contribution in [2.24, 2.45) is 0 Å². The van der Waals surface area contributed by atoms with Crippen molar-refractivity contribution in [1.82, 2.24) is 0 Å². The molecule has 224 valence electrons. The summed E-state index contributed by atoms with van der Waals surface area (Å²) >= 11 is 0. The molecule has 0 aliphatic carbocycles. The Kier molecular flexibility index (Phi) is 46.3. The molecule has 0 amide bonds. The van der Waals surface area contributed by atoms with E-state index in [0.717, 1.165) is 38.5 Å². The molecule has 0 spiro atoms. The Morgan fingerprint density at radius 2 is 0.514 bits per heavy atom. The Balaban J connectivity index is -0.000000218. The second-order valence-corrected chi connectivity index (χ2v) is 9.73. The van der Waals surface area contributed by atoms with E-state index in [-0.39, 0.29) is 41.6 Å². The van der Waals surface area contributed by atoms with Crippen LogP contribution in [-0.2, 0) is 36.8 Å². The number of carboxylic acid groups (broad SMARTS) is 3. The fourth-order valence-corrected chi connectivity index (χ4v) is 3.68. The predicted octanol–water partition coefficient (Wildman–Crippen LogP) is 5.63. The van der Waals surface area contributed by atoms with Gasteiger partial charge in [-0.05, 0) is 38.5 Å². The zero-order valence-electron chi connectivity index (χ0n) is 24.2. The summed E-state index contributed by atoms with van der Waals surface area (Å²) in [5.74, 6) is -2.74. The minimum absolute atomic E-state index is 0. The van der Waals surface area contributed by atoms with Gasteiger partial charge >= 0.3 is 22.4 Å². The van der Waals surface area contributed by atoms with Gasteiger partial charge in [0.15, 0.2) is 0 Å². The molecule has 0 heterocycles. The smallest absolute Gasteiger partial charge is 0.550 e. The van der Waals surface area contributed by atoms with Crippen LogP contribution in [0.2, 0.25) is 0 Å². The van der Waals surface area contributed by atoms with Crippen LogP contribution in [0, 0.1) is 0 Å². The van der Waals surface area contributed by atoms with Crippen molar-refractivity contribution in [3.8, 4) is 0 Å². The van der Waals surface area contributed by atoms with E-state index < -0.39 is 17.9 Å². The van der Waals surface area contributed by atoms with Gasteiger partial charge in [0.2, 0.25) is 0 Å². The maximum absolute atomic E-state index is 10.0. The largest absolute Gasteiger partial charge is 3.00 e. The molecule has 0 N–H and O–H groups in total. The molecule has 0 aromatic rings. The molecule has 0 aliphatic heterocycles. The fraction of sp³-hybridized carbons (Fsp3) is 0.900. The van der Waals surface area contributed by atoms with E-state index in [1.807, 2.05) is 0 Å². The van der Waals surface area contributed by atoms with Crippen molar-refractivity contribution in [3.05, 3.63) is 0 Å². The Labute approximate surface area is 244 Å². The average molecular weight is 711 g/mol. The van der Waals surface area contributed by atoms with Crippen LogP contribution in [0.4, 0.5) is 0 Å². The van der Waals surface area contributed by atoms with Crippen LogP contribution in [0.5, 0.6) is 0 Å². The molecular weight excluding hydrogens is 653 g/mol. The molecule has 0 unspecified atom stereocenters. The Bertz CT molecular complexity index is 404. The Hall–Kier alpha value is -0.850. The van der Waals surface area contributed by atoms with Crippen LogP contribution < -0.4 is 15.3 Å². The van der Waals surface area contributed by atoms with E-state index >= 15 is 0 Å². The molecule has 0 atom stereocenters. The van der Waals surface area contributed by atoms with E-state index in [1.165, 1.54) is 96.3 Å². The predicted molar refractivity (Wildman–Crippen MR) is 143 cm³/mol. The zero-order valence-corrected chi connectivity index (χ0v) is 26.4. The molecule has 37 heavy (non-hydrogen) atoms. The molecule has 0 rings (SSSR count). The summed E-state index contributed by atoms with van der Waals surface area (Å²) in [6.45, 7) is 6.57. The summed E-state index contributed by atoms with van der Waals surface area (Å²) in [5.41, 5.74) is 0. The summed E-state index contributed by atoms with van der Waals surface area (Å²) in [6.07, 6.45) is 25.0. The zero-order chi connectivity index (χ0) is 27.7. The number of unbranched alkanes of at least 4 members (excludes halogenated alkanes) is 18. The van der Waals surface area contributed by atoms with Crippen LogP contribution in [0.1, 0.15) is 175 Å². The molecule has 0 saturated heterocycles. The van der Waals surface area contributed by atoms with Crippen molar-refractivity contribution >= 4 is 17.9 Å². The van der Waals surface area contributed by atoms with Crippen molar-refractivity contribution in [3.63, 3.8) is 0 Å². The second-order valence-electron chi connectivity index (χ2n) is 9.73. The molecule has 7 heteroatoms. The summed E-state index contributed by atoms with van der Waals surface area (Å²) in [5, 5.41) is 30.1. The molecule has 0 aromatic carbocycles. The summed E-state index contributed by atoms with van der Waals surface area (Å²) in [6, 6.07) is 0. The third kappa shape index (κ3) is 56.5. The standard InChI is InChI=1S/3C10H20O2.Au/c3*1-2-3-4-5-6-7-8-9-10(11)12;/h3*2-9H2,1H3,(H,11,12);/q;;;+3/p-3. The molecule has 0 aromatic heterocycles. The van der Waals surface area contributed by atoms with Gasteiger partial charge in [0.05, 0.1) is 0 Å². The van der Waals surface area contributed by atoms with Gasteiger partial charge in [-0.25, -0.2) is 0 Å². The van der Waals surface area contributed by atoms with E-state index in [0.29, 0.717) is 0 Å². The minimum Gasteiger partial charge on any atom is -0.550 e. The van der Waals surface area contributed by atoms with Crippen molar-refractivity contribution < 1.29 is 52.1 Å². The number of hydrogen-bond acceptors (Lipinski definition) is 6. The van der Waals surface area contributed by atoms with E-state index in [4.69, 9.17) is 0 Å². The Morgan fingerprint density at radius 3 is 0.676 bits per heavy atom. The van der Waals surface area contributed by atoms with Gasteiger partial charge in [0.1, 0.15) is 0 Å². The van der Waals surface area contributed by atoms with E-state index in [2.05, 4.69) is 20.8 Å². The van der Waals surface area contributed by atoms with Gasteiger partial charge in [-0.2, -0.15) is 0 Å². The molecular formula is C30H57AuO6. The number of hydrogen-bond donors (Lipinski definition) is 0. The van der Waals surface area contributed by atoms with Crippen molar-refractivity contribution in [1.29, 1.82) is 0 Å². The molecule has 0 fully saturated rings. The summed E-state index contributed by atoms with van der Waals surface area (Å²) < 4.78 is 0. The van der Waals surface area contributed by atoms with Gasteiger partial charge in [0, 0.05) is 17.9 Å². The average Bonchev–Trinajstić information content (AvgIpc) is 2.83. The number of aliphatic carboxylic acids is 3. The van der Waals surface area contributed by atoms with Crippen LogP contribution in [0.15, 0.2) is 0 Å². The first-order valence-electron chi connectivity index (χ1n) is 14.9. The normalized spacial score (nSPS) is 9.81. The van der Waals surface area contributed by atoms with Gasteiger partial charge < -0.3 is 29.7 Å². The fourth-order valence-electron chi connectivity index (χ4n) is 3.68. The first kappa shape index (κ1) is 43.2. The first-order valence-corrected chi connectivity index (χ1v) is 14.9. The number of carboxylic acids is 3. The molecule has 0 radical (unpaired) electrons. The Morgan fingerprint density at radius 1 is 0.351 bits per heavy atom. The van der Waals surface area contributed by atoms with E-state index in [9.17, 15) is 29.7 Å². The number of carbonyl (C=O) groups is 3. The van der Waals surface area contributed by atoms with E-state index in [1.54, 1.807) is 0 Å². The quantitative estimate of drug-likeness (QED) is 0.0947. The number of rotatable bonds is 24. The monoisotopic (exact) mass is 710 g/mol. The van der Waals surface area contributed by atoms with Crippen molar-refractivity contribution in [2.45, 2.75) is 175 Å². The maximum atomic E-state index is 10.0.